The van der Waals surface area contributed by atoms with E-state index in [1.807, 2.05) is 37.3 Å². The molecule has 23 heavy (non-hydrogen) atoms. The summed E-state index contributed by atoms with van der Waals surface area (Å²) < 4.78 is 5.11. The molecule has 0 aliphatic heterocycles. The third-order valence-corrected chi connectivity index (χ3v) is 3.43. The minimum Gasteiger partial charge on any atom is -0.466 e. The maximum atomic E-state index is 12.1. The van der Waals surface area contributed by atoms with Crippen LogP contribution in [0.15, 0.2) is 30.3 Å². The number of amides is 1. The Morgan fingerprint density at radius 1 is 1.17 bits per heavy atom. The maximum absolute atomic E-state index is 12.1. The Balaban J connectivity index is 0.00000484. The van der Waals surface area contributed by atoms with Crippen molar-refractivity contribution in [3.63, 3.8) is 0 Å². The van der Waals surface area contributed by atoms with Crippen LogP contribution in [-0.4, -0.2) is 38.6 Å². The molecule has 6 heteroatoms. The first-order valence-corrected chi connectivity index (χ1v) is 7.71. The number of hydrogen-bond donors (Lipinski definition) is 2. The van der Waals surface area contributed by atoms with Crippen molar-refractivity contribution in [1.82, 2.24) is 10.6 Å². The van der Waals surface area contributed by atoms with Crippen molar-refractivity contribution in [2.45, 2.75) is 20.3 Å². The van der Waals surface area contributed by atoms with Crippen LogP contribution >= 0.6 is 12.4 Å². The van der Waals surface area contributed by atoms with Gasteiger partial charge in [0.25, 0.3) is 0 Å². The molecule has 0 aliphatic carbocycles. The fourth-order valence-electron chi connectivity index (χ4n) is 2.19. The lowest BCUT2D eigenvalue weighted by molar-refractivity contribution is -0.147. The minimum atomic E-state index is -0.368. The molecule has 5 nitrogen and oxygen atoms in total. The van der Waals surface area contributed by atoms with Gasteiger partial charge < -0.3 is 15.4 Å². The van der Waals surface area contributed by atoms with Gasteiger partial charge in [-0.3, -0.25) is 9.59 Å². The molecule has 130 valence electrons. The summed E-state index contributed by atoms with van der Waals surface area (Å²) in [5, 5.41) is 5.81. The van der Waals surface area contributed by atoms with Crippen LogP contribution in [0.5, 0.6) is 0 Å². The first kappa shape index (κ1) is 21.4. The number of halogens is 1. The van der Waals surface area contributed by atoms with Gasteiger partial charge in [0.2, 0.25) is 5.91 Å². The van der Waals surface area contributed by atoms with E-state index in [2.05, 4.69) is 10.6 Å². The molecule has 1 rings (SSSR count). The highest BCUT2D eigenvalue weighted by Gasteiger charge is 2.22. The minimum absolute atomic E-state index is 0. The quantitative estimate of drug-likeness (QED) is 0.672. The van der Waals surface area contributed by atoms with E-state index < -0.39 is 0 Å². The third-order valence-electron chi connectivity index (χ3n) is 3.43. The molecule has 2 N–H and O–H groups in total. The Kier molecular flexibility index (Phi) is 11.1. The highest BCUT2D eigenvalue weighted by Crippen LogP contribution is 2.10. The van der Waals surface area contributed by atoms with Crippen LogP contribution in [0.25, 0.3) is 0 Å². The topological polar surface area (TPSA) is 67.4 Å². The highest BCUT2D eigenvalue weighted by molar-refractivity contribution is 5.85. The zero-order valence-electron chi connectivity index (χ0n) is 14.0. The van der Waals surface area contributed by atoms with Crippen molar-refractivity contribution in [1.29, 1.82) is 0 Å². The molecule has 0 radical (unpaired) electrons. The lowest BCUT2D eigenvalue weighted by Gasteiger charge is -2.18. The van der Waals surface area contributed by atoms with Gasteiger partial charge in [0.15, 0.2) is 0 Å². The van der Waals surface area contributed by atoms with Crippen LogP contribution in [-0.2, 0) is 20.7 Å². The molecular weight excluding hydrogens is 316 g/mol. The number of hydrogen-bond acceptors (Lipinski definition) is 4. The predicted octanol–water partition coefficient (Wildman–Crippen LogP) is 1.80. The van der Waals surface area contributed by atoms with Crippen LogP contribution in [0.4, 0.5) is 0 Å². The first-order valence-electron chi connectivity index (χ1n) is 7.71. The van der Waals surface area contributed by atoms with Gasteiger partial charge in [-0.05, 0) is 26.0 Å². The van der Waals surface area contributed by atoms with Gasteiger partial charge in [-0.25, -0.2) is 0 Å². The molecular formula is C17H27ClN2O3. The summed E-state index contributed by atoms with van der Waals surface area (Å²) in [5.74, 6) is -0.831. The van der Waals surface area contributed by atoms with Crippen molar-refractivity contribution in [3.05, 3.63) is 35.9 Å². The zero-order valence-corrected chi connectivity index (χ0v) is 14.8. The Morgan fingerprint density at radius 3 is 2.39 bits per heavy atom. The normalized spacial score (nSPS) is 12.7. The molecule has 0 bridgehead atoms. The van der Waals surface area contributed by atoms with E-state index in [0.717, 1.165) is 5.56 Å². The van der Waals surface area contributed by atoms with Gasteiger partial charge >= 0.3 is 5.97 Å². The second-order valence-electron chi connectivity index (χ2n) is 5.34. The average Bonchev–Trinajstić information content (AvgIpc) is 2.52. The molecule has 2 atom stereocenters. The summed E-state index contributed by atoms with van der Waals surface area (Å²) in [6.07, 6.45) is 0.556. The van der Waals surface area contributed by atoms with Gasteiger partial charge in [0, 0.05) is 19.0 Å². The Hall–Kier alpha value is -1.59. The molecule has 0 saturated carbocycles. The largest absolute Gasteiger partial charge is 0.466 e. The summed E-state index contributed by atoms with van der Waals surface area (Å²) in [5.41, 5.74) is 1.05. The van der Waals surface area contributed by atoms with E-state index >= 15 is 0 Å². The monoisotopic (exact) mass is 342 g/mol. The average molecular weight is 343 g/mol. The smallest absolute Gasteiger partial charge is 0.311 e. The SMILES string of the molecule is CCOC(=O)C(CNC(=O)C(C)CNC)Cc1ccccc1.Cl. The van der Waals surface area contributed by atoms with Gasteiger partial charge in [0.05, 0.1) is 12.5 Å². The summed E-state index contributed by atoms with van der Waals surface area (Å²) in [6.45, 7) is 4.87. The van der Waals surface area contributed by atoms with Crippen LogP contribution in [0.1, 0.15) is 19.4 Å². The summed E-state index contributed by atoms with van der Waals surface area (Å²) >= 11 is 0. The first-order chi connectivity index (χ1) is 10.6. The van der Waals surface area contributed by atoms with Crippen LogP contribution in [0.2, 0.25) is 0 Å². The fourth-order valence-corrected chi connectivity index (χ4v) is 2.19. The molecule has 0 aromatic heterocycles. The van der Waals surface area contributed by atoms with E-state index in [1.165, 1.54) is 0 Å². The van der Waals surface area contributed by atoms with E-state index in [0.29, 0.717) is 26.1 Å². The number of carbonyl (C=O) groups excluding carboxylic acids is 2. The molecule has 0 fully saturated rings. The highest BCUT2D eigenvalue weighted by atomic mass is 35.5. The fraction of sp³-hybridized carbons (Fsp3) is 0.529. The van der Waals surface area contributed by atoms with Gasteiger partial charge in [-0.15, -0.1) is 12.4 Å². The molecule has 0 aliphatic rings. The summed E-state index contributed by atoms with van der Waals surface area (Å²) in [4.78, 5) is 24.0. The molecule has 1 aromatic carbocycles. The number of rotatable bonds is 9. The third kappa shape index (κ3) is 8.00. The van der Waals surface area contributed by atoms with Gasteiger partial charge in [0.1, 0.15) is 0 Å². The second kappa shape index (κ2) is 11.9. The van der Waals surface area contributed by atoms with E-state index in [1.54, 1.807) is 14.0 Å². The van der Waals surface area contributed by atoms with Crippen molar-refractivity contribution < 1.29 is 14.3 Å². The Bertz CT molecular complexity index is 468. The van der Waals surface area contributed by atoms with Crippen LogP contribution in [0.3, 0.4) is 0 Å². The van der Waals surface area contributed by atoms with Crippen molar-refractivity contribution in [3.8, 4) is 0 Å². The molecule has 0 spiro atoms. The second-order valence-corrected chi connectivity index (χ2v) is 5.34. The van der Waals surface area contributed by atoms with E-state index in [9.17, 15) is 9.59 Å². The lowest BCUT2D eigenvalue weighted by atomic mass is 9.99. The Morgan fingerprint density at radius 2 is 1.83 bits per heavy atom. The number of ether oxygens (including phenoxy) is 1. The van der Waals surface area contributed by atoms with Crippen molar-refractivity contribution in [2.75, 3.05) is 26.7 Å². The van der Waals surface area contributed by atoms with Crippen molar-refractivity contribution in [2.24, 2.45) is 11.8 Å². The standard InChI is InChI=1S/C17H26N2O3.ClH/c1-4-22-17(21)15(10-14-8-6-5-7-9-14)12-19-16(20)13(2)11-18-3;/h5-9,13,15,18H,4,10-12H2,1-3H3,(H,19,20);1H. The van der Waals surface area contributed by atoms with Gasteiger partial charge in [-0.1, -0.05) is 37.3 Å². The number of esters is 1. The number of nitrogens with one attached hydrogen (secondary N) is 2. The van der Waals surface area contributed by atoms with Crippen LogP contribution in [0, 0.1) is 11.8 Å². The summed E-state index contributed by atoms with van der Waals surface area (Å²) in [7, 11) is 1.81. The molecule has 2 unspecified atom stereocenters. The molecule has 1 amide bonds. The zero-order chi connectivity index (χ0) is 16.4. The number of carbonyl (C=O) groups is 2. The maximum Gasteiger partial charge on any atom is 0.311 e. The number of benzene rings is 1. The molecule has 0 heterocycles. The van der Waals surface area contributed by atoms with Crippen molar-refractivity contribution >= 4 is 24.3 Å². The predicted molar refractivity (Wildman–Crippen MR) is 93.6 cm³/mol. The summed E-state index contributed by atoms with van der Waals surface area (Å²) in [6, 6.07) is 9.75. The van der Waals surface area contributed by atoms with Crippen LogP contribution < -0.4 is 10.6 Å². The Labute approximate surface area is 144 Å². The molecule has 1 aromatic rings. The molecule has 0 saturated heterocycles. The van der Waals surface area contributed by atoms with E-state index in [-0.39, 0.29) is 36.1 Å². The van der Waals surface area contributed by atoms with E-state index in [4.69, 9.17) is 4.74 Å². The van der Waals surface area contributed by atoms with Gasteiger partial charge in [-0.2, -0.15) is 0 Å². The lowest BCUT2D eigenvalue weighted by Crippen LogP contribution is -2.39.